The normalized spacial score (nSPS) is 11.0. The van der Waals surface area contributed by atoms with E-state index in [-0.39, 0.29) is 12.5 Å². The van der Waals surface area contributed by atoms with E-state index < -0.39 is 5.97 Å². The number of thiazole rings is 1. The molecule has 1 amide bonds. The van der Waals surface area contributed by atoms with Crippen LogP contribution in [0.4, 0.5) is 10.8 Å². The number of anilines is 2. The molecule has 0 bridgehead atoms. The topological polar surface area (TPSA) is 59.5 Å². The molecule has 2 aromatic heterocycles. The van der Waals surface area contributed by atoms with Crippen molar-refractivity contribution in [2.75, 3.05) is 4.90 Å². The largest absolute Gasteiger partial charge is 0.456 e. The Bertz CT molecular complexity index is 1010. The van der Waals surface area contributed by atoms with Crippen molar-refractivity contribution in [2.45, 2.75) is 27.4 Å². The predicted molar refractivity (Wildman–Crippen MR) is 114 cm³/mol. The Kier molecular flexibility index (Phi) is 6.38. The highest BCUT2D eigenvalue weighted by molar-refractivity contribution is 7.14. The maximum Gasteiger partial charge on any atom is 0.331 e. The summed E-state index contributed by atoms with van der Waals surface area (Å²) in [5.74, 6) is -0.551. The lowest BCUT2D eigenvalue weighted by Gasteiger charge is -2.20. The molecular formula is C21H20N2O3S2. The summed E-state index contributed by atoms with van der Waals surface area (Å²) in [6.07, 6.45) is 3.12. The number of aryl methyl sites for hydroxylation is 2. The zero-order valence-electron chi connectivity index (χ0n) is 15.8. The Morgan fingerprint density at radius 1 is 1.21 bits per heavy atom. The number of hydrogen-bond donors (Lipinski definition) is 0. The third-order valence-corrected chi connectivity index (χ3v) is 5.64. The zero-order valence-corrected chi connectivity index (χ0v) is 17.5. The first kappa shape index (κ1) is 20.0. The quantitative estimate of drug-likeness (QED) is 0.409. The number of esters is 1. The molecule has 0 aliphatic rings. The minimum atomic E-state index is -0.430. The van der Waals surface area contributed by atoms with Crippen molar-refractivity contribution < 1.29 is 14.3 Å². The van der Waals surface area contributed by atoms with Crippen LogP contribution in [0.25, 0.3) is 6.08 Å². The maximum atomic E-state index is 12.3. The molecule has 3 rings (SSSR count). The summed E-state index contributed by atoms with van der Waals surface area (Å²) in [6, 6.07) is 9.76. The third kappa shape index (κ3) is 4.94. The van der Waals surface area contributed by atoms with Gasteiger partial charge in [-0.1, -0.05) is 23.8 Å². The van der Waals surface area contributed by atoms with E-state index in [0.717, 1.165) is 21.7 Å². The van der Waals surface area contributed by atoms with Crippen LogP contribution < -0.4 is 4.90 Å². The molecule has 3 aromatic rings. The third-order valence-electron chi connectivity index (χ3n) is 3.93. The second kappa shape index (κ2) is 8.95. The van der Waals surface area contributed by atoms with Gasteiger partial charge >= 0.3 is 5.97 Å². The lowest BCUT2D eigenvalue weighted by atomic mass is 10.1. The number of hydrogen-bond acceptors (Lipinski definition) is 6. The molecule has 1 aromatic carbocycles. The van der Waals surface area contributed by atoms with Crippen LogP contribution in [0.5, 0.6) is 0 Å². The summed E-state index contributed by atoms with van der Waals surface area (Å²) in [5, 5.41) is 4.29. The van der Waals surface area contributed by atoms with Gasteiger partial charge in [-0.2, -0.15) is 0 Å². The van der Waals surface area contributed by atoms with E-state index in [4.69, 9.17) is 4.74 Å². The van der Waals surface area contributed by atoms with Crippen molar-refractivity contribution in [3.05, 3.63) is 68.9 Å². The summed E-state index contributed by atoms with van der Waals surface area (Å²) in [5.41, 5.74) is 3.54. The number of nitrogens with zero attached hydrogens (tertiary/aromatic N) is 2. The van der Waals surface area contributed by atoms with Gasteiger partial charge in [0.15, 0.2) is 5.13 Å². The predicted octanol–water partition coefficient (Wildman–Crippen LogP) is 5.26. The van der Waals surface area contributed by atoms with E-state index in [1.807, 2.05) is 49.6 Å². The van der Waals surface area contributed by atoms with E-state index in [9.17, 15) is 9.59 Å². The Morgan fingerprint density at radius 2 is 2.04 bits per heavy atom. The Labute approximate surface area is 171 Å². The first-order chi connectivity index (χ1) is 13.4. The van der Waals surface area contributed by atoms with Crippen LogP contribution in [0.2, 0.25) is 0 Å². The van der Waals surface area contributed by atoms with Crippen LogP contribution in [0.15, 0.2) is 47.2 Å². The summed E-state index contributed by atoms with van der Waals surface area (Å²) < 4.78 is 5.24. The monoisotopic (exact) mass is 412 g/mol. The van der Waals surface area contributed by atoms with Gasteiger partial charge in [-0.15, -0.1) is 22.7 Å². The van der Waals surface area contributed by atoms with Crippen LogP contribution in [-0.4, -0.2) is 16.9 Å². The minimum absolute atomic E-state index is 0.0583. The highest BCUT2D eigenvalue weighted by Crippen LogP contribution is 2.31. The van der Waals surface area contributed by atoms with Gasteiger partial charge in [-0.25, -0.2) is 9.78 Å². The van der Waals surface area contributed by atoms with E-state index in [2.05, 4.69) is 4.98 Å². The Morgan fingerprint density at radius 3 is 2.71 bits per heavy atom. The average Bonchev–Trinajstić information content (AvgIpc) is 3.32. The van der Waals surface area contributed by atoms with Crippen LogP contribution in [0.1, 0.15) is 28.6 Å². The summed E-state index contributed by atoms with van der Waals surface area (Å²) >= 11 is 2.89. The second-order valence-corrected chi connectivity index (χ2v) is 8.04. The number of aromatic nitrogens is 1. The molecule has 0 aliphatic heterocycles. The van der Waals surface area contributed by atoms with Crippen molar-refractivity contribution in [2.24, 2.45) is 0 Å². The van der Waals surface area contributed by atoms with Crippen LogP contribution in [0.3, 0.4) is 0 Å². The molecule has 28 heavy (non-hydrogen) atoms. The molecule has 2 heterocycles. The van der Waals surface area contributed by atoms with E-state index in [1.54, 1.807) is 27.7 Å². The van der Waals surface area contributed by atoms with Crippen molar-refractivity contribution in [3.8, 4) is 0 Å². The van der Waals surface area contributed by atoms with E-state index in [0.29, 0.717) is 10.8 Å². The molecule has 0 saturated heterocycles. The molecule has 0 radical (unpaired) electrons. The average molecular weight is 413 g/mol. The first-order valence-electron chi connectivity index (χ1n) is 8.65. The fourth-order valence-corrected chi connectivity index (χ4v) is 4.14. The molecule has 0 saturated carbocycles. The second-order valence-electron chi connectivity index (χ2n) is 6.22. The highest BCUT2D eigenvalue weighted by atomic mass is 32.1. The van der Waals surface area contributed by atoms with Gasteiger partial charge in [0.25, 0.3) is 0 Å². The number of carbonyl (C=O) groups is 2. The molecule has 0 atom stereocenters. The van der Waals surface area contributed by atoms with Crippen molar-refractivity contribution in [3.63, 3.8) is 0 Å². The van der Waals surface area contributed by atoms with Crippen LogP contribution in [-0.2, 0) is 20.9 Å². The number of ether oxygens (including phenoxy) is 1. The number of carbonyl (C=O) groups excluding carboxylic acids is 2. The van der Waals surface area contributed by atoms with Gasteiger partial charge in [0.05, 0.1) is 11.4 Å². The van der Waals surface area contributed by atoms with Crippen molar-refractivity contribution in [1.29, 1.82) is 0 Å². The highest BCUT2D eigenvalue weighted by Gasteiger charge is 2.20. The minimum Gasteiger partial charge on any atom is -0.456 e. The molecule has 144 valence electrons. The van der Waals surface area contributed by atoms with E-state index >= 15 is 0 Å². The maximum absolute atomic E-state index is 12.3. The number of benzene rings is 1. The molecule has 0 fully saturated rings. The molecule has 7 heteroatoms. The lowest BCUT2D eigenvalue weighted by molar-refractivity contribution is -0.139. The molecule has 0 spiro atoms. The fraction of sp³-hybridized carbons (Fsp3) is 0.190. The summed E-state index contributed by atoms with van der Waals surface area (Å²) in [7, 11) is 0. The Hall–Kier alpha value is -2.77. The zero-order chi connectivity index (χ0) is 20.1. The number of thiophene rings is 1. The summed E-state index contributed by atoms with van der Waals surface area (Å²) in [4.78, 5) is 31.2. The van der Waals surface area contributed by atoms with Crippen LogP contribution >= 0.6 is 22.7 Å². The Balaban J connectivity index is 1.69. The summed E-state index contributed by atoms with van der Waals surface area (Å²) in [6.45, 7) is 5.55. The number of amides is 1. The lowest BCUT2D eigenvalue weighted by Crippen LogP contribution is -2.23. The molecule has 5 nitrogen and oxygen atoms in total. The smallest absolute Gasteiger partial charge is 0.331 e. The van der Waals surface area contributed by atoms with Crippen molar-refractivity contribution >= 4 is 51.4 Å². The number of rotatable bonds is 6. The standard InChI is InChI=1S/C21H20N2O3S2/c1-14-6-8-19(15(2)11-14)23(16(3)24)21-22-17(13-28-21)12-26-20(25)9-7-18-5-4-10-27-18/h4-11,13H,12H2,1-3H3/b9-7+. The fourth-order valence-electron chi connectivity index (χ4n) is 2.66. The van der Waals surface area contributed by atoms with Gasteiger partial charge < -0.3 is 4.74 Å². The van der Waals surface area contributed by atoms with Gasteiger partial charge in [-0.05, 0) is 43.0 Å². The van der Waals surface area contributed by atoms with E-state index in [1.165, 1.54) is 24.3 Å². The van der Waals surface area contributed by atoms with Crippen molar-refractivity contribution in [1.82, 2.24) is 4.98 Å². The first-order valence-corrected chi connectivity index (χ1v) is 10.4. The van der Waals surface area contributed by atoms with Gasteiger partial charge in [0.1, 0.15) is 6.61 Å². The molecule has 0 aliphatic carbocycles. The van der Waals surface area contributed by atoms with Gasteiger partial charge in [0.2, 0.25) is 5.91 Å². The SMILES string of the molecule is CC(=O)N(c1nc(COC(=O)/C=C/c2cccs2)cs1)c1ccc(C)cc1C. The van der Waals surface area contributed by atoms with Crippen LogP contribution in [0, 0.1) is 13.8 Å². The molecule has 0 N–H and O–H groups in total. The van der Waals surface area contributed by atoms with Gasteiger partial charge in [-0.3, -0.25) is 9.69 Å². The van der Waals surface area contributed by atoms with Gasteiger partial charge in [0, 0.05) is 23.3 Å². The molecular weight excluding hydrogens is 392 g/mol. The molecule has 0 unspecified atom stereocenters.